The van der Waals surface area contributed by atoms with E-state index < -0.39 is 0 Å². The fourth-order valence-corrected chi connectivity index (χ4v) is 3.01. The SMILES string of the molecule is c1cncc(C2NCCc3c2[nH]c2ccccc32)c1. The van der Waals surface area contributed by atoms with Gasteiger partial charge in [0.25, 0.3) is 0 Å². The third kappa shape index (κ3) is 1.66. The van der Waals surface area contributed by atoms with Crippen molar-refractivity contribution in [3.8, 4) is 0 Å². The summed E-state index contributed by atoms with van der Waals surface area (Å²) in [5.41, 5.74) is 5.18. The van der Waals surface area contributed by atoms with Gasteiger partial charge in [-0.1, -0.05) is 24.3 Å². The molecule has 19 heavy (non-hydrogen) atoms. The van der Waals surface area contributed by atoms with Crippen LogP contribution in [0.1, 0.15) is 22.9 Å². The molecule has 0 radical (unpaired) electrons. The van der Waals surface area contributed by atoms with E-state index in [1.165, 1.54) is 27.7 Å². The second kappa shape index (κ2) is 4.21. The average Bonchev–Trinajstić information content (AvgIpc) is 2.87. The first kappa shape index (κ1) is 10.8. The van der Waals surface area contributed by atoms with Crippen molar-refractivity contribution >= 4 is 10.9 Å². The van der Waals surface area contributed by atoms with E-state index in [0.29, 0.717) is 0 Å². The van der Waals surface area contributed by atoms with Gasteiger partial charge in [0.1, 0.15) is 0 Å². The molecule has 2 aromatic heterocycles. The fraction of sp³-hybridized carbons (Fsp3) is 0.188. The minimum Gasteiger partial charge on any atom is -0.357 e. The van der Waals surface area contributed by atoms with Crippen LogP contribution in [0.25, 0.3) is 10.9 Å². The number of nitrogens with zero attached hydrogens (tertiary/aromatic N) is 1. The third-order valence-electron chi connectivity index (χ3n) is 3.88. The zero-order chi connectivity index (χ0) is 12.7. The molecule has 3 heteroatoms. The van der Waals surface area contributed by atoms with Gasteiger partial charge in [0, 0.05) is 35.5 Å². The minimum atomic E-state index is 0.227. The maximum atomic E-state index is 4.23. The Morgan fingerprint density at radius 3 is 2.95 bits per heavy atom. The van der Waals surface area contributed by atoms with Crippen molar-refractivity contribution in [3.63, 3.8) is 0 Å². The summed E-state index contributed by atoms with van der Waals surface area (Å²) >= 11 is 0. The average molecular weight is 249 g/mol. The zero-order valence-electron chi connectivity index (χ0n) is 10.6. The Balaban J connectivity index is 1.91. The molecule has 0 bridgehead atoms. The number of hydrogen-bond acceptors (Lipinski definition) is 2. The predicted molar refractivity (Wildman–Crippen MR) is 76.1 cm³/mol. The highest BCUT2D eigenvalue weighted by Crippen LogP contribution is 2.32. The quantitative estimate of drug-likeness (QED) is 0.696. The number of hydrogen-bond donors (Lipinski definition) is 2. The molecule has 2 N–H and O–H groups in total. The van der Waals surface area contributed by atoms with Gasteiger partial charge >= 0.3 is 0 Å². The van der Waals surface area contributed by atoms with Crippen molar-refractivity contribution in [2.45, 2.75) is 12.5 Å². The van der Waals surface area contributed by atoms with Crippen LogP contribution in [-0.4, -0.2) is 16.5 Å². The Hall–Kier alpha value is -2.13. The molecular formula is C16H15N3. The van der Waals surface area contributed by atoms with Crippen LogP contribution in [0.5, 0.6) is 0 Å². The molecule has 0 aliphatic carbocycles. The van der Waals surface area contributed by atoms with Crippen molar-refractivity contribution < 1.29 is 0 Å². The number of nitrogens with one attached hydrogen (secondary N) is 2. The molecule has 0 saturated heterocycles. The Morgan fingerprint density at radius 2 is 2.05 bits per heavy atom. The van der Waals surface area contributed by atoms with E-state index in [0.717, 1.165) is 13.0 Å². The van der Waals surface area contributed by atoms with Gasteiger partial charge in [-0.3, -0.25) is 4.98 Å². The number of aromatic amines is 1. The van der Waals surface area contributed by atoms with Crippen LogP contribution in [0.15, 0.2) is 48.8 Å². The summed E-state index contributed by atoms with van der Waals surface area (Å²) in [6, 6.07) is 12.9. The Bertz CT molecular complexity index is 715. The monoisotopic (exact) mass is 249 g/mol. The zero-order valence-corrected chi connectivity index (χ0v) is 10.6. The van der Waals surface area contributed by atoms with E-state index in [-0.39, 0.29) is 6.04 Å². The summed E-state index contributed by atoms with van der Waals surface area (Å²) in [6.07, 6.45) is 4.84. The van der Waals surface area contributed by atoms with Crippen molar-refractivity contribution in [2.24, 2.45) is 0 Å². The number of benzene rings is 1. The second-order valence-electron chi connectivity index (χ2n) is 4.99. The highest BCUT2D eigenvalue weighted by atomic mass is 15.0. The smallest absolute Gasteiger partial charge is 0.0747 e. The molecule has 94 valence electrons. The molecule has 1 aliphatic heterocycles. The van der Waals surface area contributed by atoms with Gasteiger partial charge in [-0.25, -0.2) is 0 Å². The lowest BCUT2D eigenvalue weighted by molar-refractivity contribution is 0.559. The van der Waals surface area contributed by atoms with E-state index in [1.807, 2.05) is 18.5 Å². The highest BCUT2D eigenvalue weighted by Gasteiger charge is 2.24. The van der Waals surface area contributed by atoms with E-state index in [1.54, 1.807) is 0 Å². The predicted octanol–water partition coefficient (Wildman–Crippen LogP) is 2.80. The summed E-state index contributed by atoms with van der Waals surface area (Å²) in [6.45, 7) is 1.01. The molecule has 1 atom stereocenters. The molecule has 3 nitrogen and oxygen atoms in total. The summed E-state index contributed by atoms with van der Waals surface area (Å²) < 4.78 is 0. The largest absolute Gasteiger partial charge is 0.357 e. The topological polar surface area (TPSA) is 40.7 Å². The molecule has 0 amide bonds. The molecular weight excluding hydrogens is 234 g/mol. The number of para-hydroxylation sites is 1. The summed E-state index contributed by atoms with van der Waals surface area (Å²) in [7, 11) is 0. The molecule has 1 aromatic carbocycles. The van der Waals surface area contributed by atoms with Gasteiger partial charge < -0.3 is 10.3 Å². The van der Waals surface area contributed by atoms with Gasteiger partial charge in [-0.05, 0) is 29.7 Å². The van der Waals surface area contributed by atoms with Crippen LogP contribution in [0.3, 0.4) is 0 Å². The van der Waals surface area contributed by atoms with Crippen molar-refractivity contribution in [1.29, 1.82) is 0 Å². The lowest BCUT2D eigenvalue weighted by Crippen LogP contribution is -2.30. The maximum absolute atomic E-state index is 4.23. The summed E-state index contributed by atoms with van der Waals surface area (Å²) in [5.74, 6) is 0. The molecule has 3 heterocycles. The number of rotatable bonds is 1. The lowest BCUT2D eigenvalue weighted by Gasteiger charge is -2.24. The number of H-pyrrole nitrogens is 1. The first-order valence-corrected chi connectivity index (χ1v) is 6.66. The first-order valence-electron chi connectivity index (χ1n) is 6.66. The second-order valence-corrected chi connectivity index (χ2v) is 4.99. The van der Waals surface area contributed by atoms with E-state index in [9.17, 15) is 0 Å². The summed E-state index contributed by atoms with van der Waals surface area (Å²) in [4.78, 5) is 7.81. The first-order chi connectivity index (χ1) is 9.43. The molecule has 4 rings (SSSR count). The Morgan fingerprint density at radius 1 is 1.11 bits per heavy atom. The van der Waals surface area contributed by atoms with Crippen LogP contribution in [-0.2, 0) is 6.42 Å². The Labute approximate surface area is 111 Å². The van der Waals surface area contributed by atoms with Crippen LogP contribution < -0.4 is 5.32 Å². The number of fused-ring (bicyclic) bond motifs is 3. The molecule has 3 aromatic rings. The molecule has 0 fully saturated rings. The van der Waals surface area contributed by atoms with Crippen LogP contribution >= 0.6 is 0 Å². The van der Waals surface area contributed by atoms with Crippen LogP contribution in [0.4, 0.5) is 0 Å². The van der Waals surface area contributed by atoms with Crippen LogP contribution in [0, 0.1) is 0 Å². The van der Waals surface area contributed by atoms with E-state index in [4.69, 9.17) is 0 Å². The third-order valence-corrected chi connectivity index (χ3v) is 3.88. The van der Waals surface area contributed by atoms with E-state index in [2.05, 4.69) is 45.6 Å². The minimum absolute atomic E-state index is 0.227. The van der Waals surface area contributed by atoms with Crippen molar-refractivity contribution in [3.05, 3.63) is 65.6 Å². The van der Waals surface area contributed by atoms with Gasteiger partial charge in [-0.15, -0.1) is 0 Å². The Kier molecular flexibility index (Phi) is 2.38. The van der Waals surface area contributed by atoms with Crippen molar-refractivity contribution in [1.82, 2.24) is 15.3 Å². The van der Waals surface area contributed by atoms with Gasteiger partial charge in [0.2, 0.25) is 0 Å². The van der Waals surface area contributed by atoms with Gasteiger partial charge in [-0.2, -0.15) is 0 Å². The summed E-state index contributed by atoms with van der Waals surface area (Å²) in [5, 5.41) is 4.94. The number of aromatic nitrogens is 2. The maximum Gasteiger partial charge on any atom is 0.0747 e. The fourth-order valence-electron chi connectivity index (χ4n) is 3.01. The molecule has 0 saturated carbocycles. The normalized spacial score (nSPS) is 18.4. The standard InChI is InChI=1S/C16H15N3/c1-2-6-14-12(5-1)13-7-9-18-15(16(13)19-14)11-4-3-8-17-10-11/h1-6,8,10,15,18-19H,7,9H2. The van der Waals surface area contributed by atoms with E-state index >= 15 is 0 Å². The lowest BCUT2D eigenvalue weighted by atomic mass is 9.95. The molecule has 1 aliphatic rings. The number of pyridine rings is 1. The van der Waals surface area contributed by atoms with Crippen molar-refractivity contribution in [2.75, 3.05) is 6.54 Å². The molecule has 1 unspecified atom stereocenters. The molecule has 0 spiro atoms. The highest BCUT2D eigenvalue weighted by molar-refractivity contribution is 5.85. The van der Waals surface area contributed by atoms with Gasteiger partial charge in [0.15, 0.2) is 0 Å². The van der Waals surface area contributed by atoms with Crippen LogP contribution in [0.2, 0.25) is 0 Å². The van der Waals surface area contributed by atoms with Gasteiger partial charge in [0.05, 0.1) is 6.04 Å².